The van der Waals surface area contributed by atoms with E-state index in [2.05, 4.69) is 9.97 Å². The lowest BCUT2D eigenvalue weighted by atomic mass is 10.6. The standard InChI is InChI=1S/C6H5ClN4/c7-4-1-6-10-5(8)2-11(6)3-9-4/h1-3H,8H2. The second kappa shape index (κ2) is 2.10. The fourth-order valence-corrected chi connectivity index (χ4v) is 1.03. The summed E-state index contributed by atoms with van der Waals surface area (Å²) in [5, 5.41) is 0.420. The van der Waals surface area contributed by atoms with Crippen LogP contribution in [0.4, 0.5) is 5.82 Å². The van der Waals surface area contributed by atoms with Crippen LogP contribution in [-0.4, -0.2) is 14.4 Å². The van der Waals surface area contributed by atoms with Crippen LogP contribution in [-0.2, 0) is 0 Å². The normalized spacial score (nSPS) is 10.6. The zero-order valence-electron chi connectivity index (χ0n) is 5.53. The Kier molecular flexibility index (Phi) is 1.22. The molecule has 0 aliphatic rings. The van der Waals surface area contributed by atoms with Crippen LogP contribution in [0.25, 0.3) is 5.65 Å². The van der Waals surface area contributed by atoms with Crippen molar-refractivity contribution in [3.63, 3.8) is 0 Å². The summed E-state index contributed by atoms with van der Waals surface area (Å²) in [5.41, 5.74) is 6.15. The molecule has 2 aromatic heterocycles. The van der Waals surface area contributed by atoms with Crippen LogP contribution in [0, 0.1) is 0 Å². The molecule has 0 aliphatic carbocycles. The number of rotatable bonds is 0. The second-order valence-corrected chi connectivity index (χ2v) is 2.53. The summed E-state index contributed by atoms with van der Waals surface area (Å²) in [4.78, 5) is 7.84. The molecule has 4 nitrogen and oxygen atoms in total. The van der Waals surface area contributed by atoms with Crippen LogP contribution in [0.3, 0.4) is 0 Å². The highest BCUT2D eigenvalue weighted by atomic mass is 35.5. The van der Waals surface area contributed by atoms with Crippen LogP contribution < -0.4 is 5.73 Å². The molecule has 0 saturated heterocycles. The van der Waals surface area contributed by atoms with Gasteiger partial charge in [-0.2, -0.15) is 0 Å². The number of aromatic nitrogens is 3. The van der Waals surface area contributed by atoms with Crippen molar-refractivity contribution in [2.75, 3.05) is 5.73 Å². The van der Waals surface area contributed by atoms with E-state index in [1.165, 1.54) is 0 Å². The molecule has 0 radical (unpaired) electrons. The summed E-state index contributed by atoms with van der Waals surface area (Å²) in [6.07, 6.45) is 3.25. The van der Waals surface area contributed by atoms with Gasteiger partial charge in [-0.1, -0.05) is 11.6 Å². The lowest BCUT2D eigenvalue weighted by Crippen LogP contribution is -1.84. The smallest absolute Gasteiger partial charge is 0.143 e. The molecule has 2 rings (SSSR count). The van der Waals surface area contributed by atoms with Crippen LogP contribution in [0.2, 0.25) is 5.15 Å². The number of nitrogens with two attached hydrogens (primary N) is 1. The Morgan fingerprint density at radius 1 is 1.55 bits per heavy atom. The first-order valence-electron chi connectivity index (χ1n) is 3.01. The van der Waals surface area contributed by atoms with Crippen molar-refractivity contribution in [3.05, 3.63) is 23.7 Å². The van der Waals surface area contributed by atoms with Crippen molar-refractivity contribution in [1.29, 1.82) is 0 Å². The van der Waals surface area contributed by atoms with E-state index >= 15 is 0 Å². The highest BCUT2D eigenvalue weighted by Gasteiger charge is 1.97. The summed E-state index contributed by atoms with van der Waals surface area (Å²) >= 11 is 5.62. The van der Waals surface area contributed by atoms with Crippen molar-refractivity contribution < 1.29 is 0 Å². The highest BCUT2D eigenvalue weighted by Crippen LogP contribution is 2.09. The zero-order valence-corrected chi connectivity index (χ0v) is 6.28. The summed E-state index contributed by atoms with van der Waals surface area (Å²) < 4.78 is 1.71. The van der Waals surface area contributed by atoms with Crippen molar-refractivity contribution in [2.24, 2.45) is 0 Å². The molecule has 2 aromatic rings. The molecule has 2 N–H and O–H groups in total. The van der Waals surface area contributed by atoms with Gasteiger partial charge >= 0.3 is 0 Å². The molecule has 0 amide bonds. The molecule has 0 bridgehead atoms. The molecular weight excluding hydrogens is 164 g/mol. The van der Waals surface area contributed by atoms with Crippen molar-refractivity contribution >= 4 is 23.1 Å². The van der Waals surface area contributed by atoms with Crippen molar-refractivity contribution in [3.8, 4) is 0 Å². The van der Waals surface area contributed by atoms with Gasteiger partial charge in [0, 0.05) is 6.07 Å². The van der Waals surface area contributed by atoms with E-state index in [-0.39, 0.29) is 0 Å². The molecule has 2 heterocycles. The Morgan fingerprint density at radius 3 is 3.18 bits per heavy atom. The lowest BCUT2D eigenvalue weighted by molar-refractivity contribution is 1.09. The Balaban J connectivity index is 2.82. The third kappa shape index (κ3) is 1.01. The minimum atomic E-state index is 0.420. The third-order valence-corrected chi connectivity index (χ3v) is 1.54. The predicted molar refractivity (Wildman–Crippen MR) is 42.4 cm³/mol. The molecule has 0 fully saturated rings. The first-order chi connectivity index (χ1) is 5.25. The topological polar surface area (TPSA) is 56.2 Å². The lowest BCUT2D eigenvalue weighted by Gasteiger charge is -1.89. The Bertz CT molecular complexity index is 394. The Hall–Kier alpha value is -1.29. The highest BCUT2D eigenvalue weighted by molar-refractivity contribution is 6.29. The maximum atomic E-state index is 5.62. The summed E-state index contributed by atoms with van der Waals surface area (Å²) in [6, 6.07) is 1.65. The SMILES string of the molecule is Nc1cn2cnc(Cl)cc2n1. The van der Waals surface area contributed by atoms with Crippen LogP contribution >= 0.6 is 11.6 Å². The molecule has 11 heavy (non-hydrogen) atoms. The van der Waals surface area contributed by atoms with Gasteiger partial charge in [0.05, 0.1) is 6.20 Å². The second-order valence-electron chi connectivity index (χ2n) is 2.14. The van der Waals surface area contributed by atoms with E-state index < -0.39 is 0 Å². The van der Waals surface area contributed by atoms with Crippen molar-refractivity contribution in [1.82, 2.24) is 14.4 Å². The number of anilines is 1. The molecule has 56 valence electrons. The largest absolute Gasteiger partial charge is 0.382 e. The minimum Gasteiger partial charge on any atom is -0.382 e. The number of nitrogens with zero attached hydrogens (tertiary/aromatic N) is 3. The van der Waals surface area contributed by atoms with E-state index in [1.54, 1.807) is 23.0 Å². The first kappa shape index (κ1) is 6.42. The molecule has 5 heteroatoms. The Labute approximate surface area is 67.6 Å². The van der Waals surface area contributed by atoms with E-state index in [0.717, 1.165) is 0 Å². The average Bonchev–Trinajstić information content (AvgIpc) is 2.27. The van der Waals surface area contributed by atoms with Gasteiger partial charge in [0.15, 0.2) is 0 Å². The number of nitrogen functional groups attached to an aromatic ring is 1. The van der Waals surface area contributed by atoms with Gasteiger partial charge in [-0.15, -0.1) is 0 Å². The molecule has 0 aromatic carbocycles. The quantitative estimate of drug-likeness (QED) is 0.597. The third-order valence-electron chi connectivity index (χ3n) is 1.33. The summed E-state index contributed by atoms with van der Waals surface area (Å²) in [6.45, 7) is 0. The van der Waals surface area contributed by atoms with Gasteiger partial charge < -0.3 is 5.73 Å². The van der Waals surface area contributed by atoms with E-state index in [1.807, 2.05) is 0 Å². The average molecular weight is 169 g/mol. The van der Waals surface area contributed by atoms with Crippen LogP contribution in [0.1, 0.15) is 0 Å². The van der Waals surface area contributed by atoms with Crippen LogP contribution in [0.15, 0.2) is 18.6 Å². The molecule has 0 unspecified atom stereocenters. The first-order valence-corrected chi connectivity index (χ1v) is 3.39. The summed E-state index contributed by atoms with van der Waals surface area (Å²) in [5.74, 6) is 0.467. The maximum absolute atomic E-state index is 5.62. The predicted octanol–water partition coefficient (Wildman–Crippen LogP) is 0.965. The van der Waals surface area contributed by atoms with Gasteiger partial charge in [-0.05, 0) is 0 Å². The van der Waals surface area contributed by atoms with Gasteiger partial charge in [0.2, 0.25) is 0 Å². The van der Waals surface area contributed by atoms with Crippen molar-refractivity contribution in [2.45, 2.75) is 0 Å². The van der Waals surface area contributed by atoms with Gasteiger partial charge in [-0.25, -0.2) is 9.97 Å². The molecular formula is C6H5ClN4. The number of hydrogen-bond acceptors (Lipinski definition) is 3. The number of imidazole rings is 1. The number of halogens is 1. The Morgan fingerprint density at radius 2 is 2.36 bits per heavy atom. The van der Waals surface area contributed by atoms with E-state index in [0.29, 0.717) is 16.6 Å². The van der Waals surface area contributed by atoms with E-state index in [4.69, 9.17) is 17.3 Å². The molecule has 0 saturated carbocycles. The molecule has 0 spiro atoms. The van der Waals surface area contributed by atoms with Gasteiger partial charge in [0.1, 0.15) is 22.9 Å². The zero-order chi connectivity index (χ0) is 7.84. The maximum Gasteiger partial charge on any atom is 0.143 e. The van der Waals surface area contributed by atoms with Gasteiger partial charge in [0.25, 0.3) is 0 Å². The van der Waals surface area contributed by atoms with Gasteiger partial charge in [-0.3, -0.25) is 4.40 Å². The molecule has 0 atom stereocenters. The monoisotopic (exact) mass is 168 g/mol. The summed E-state index contributed by atoms with van der Waals surface area (Å²) in [7, 11) is 0. The number of hydrogen-bond donors (Lipinski definition) is 1. The number of fused-ring (bicyclic) bond motifs is 1. The fourth-order valence-electron chi connectivity index (χ4n) is 0.888. The molecule has 0 aliphatic heterocycles. The van der Waals surface area contributed by atoms with E-state index in [9.17, 15) is 0 Å². The minimum absolute atomic E-state index is 0.420. The van der Waals surface area contributed by atoms with Crippen LogP contribution in [0.5, 0.6) is 0 Å². The fraction of sp³-hybridized carbons (Fsp3) is 0.